The van der Waals surface area contributed by atoms with Crippen LogP contribution in [0.25, 0.3) is 0 Å². The second-order valence-electron chi connectivity index (χ2n) is 3.79. The summed E-state index contributed by atoms with van der Waals surface area (Å²) in [5, 5.41) is 3.98. The normalized spacial score (nSPS) is 25.5. The topological polar surface area (TPSA) is 21.3 Å². The van der Waals surface area contributed by atoms with Gasteiger partial charge in [-0.05, 0) is 31.5 Å². The number of hydrogen-bond acceptors (Lipinski definition) is 3. The molecule has 1 N–H and O–H groups in total. The SMILES string of the molecule is CCOc1cccc(C2NC(C)CS2)c1. The highest BCUT2D eigenvalue weighted by molar-refractivity contribution is 7.99. The maximum atomic E-state index is 5.50. The molecule has 2 atom stereocenters. The van der Waals surface area contributed by atoms with Gasteiger partial charge in [-0.15, -0.1) is 11.8 Å². The van der Waals surface area contributed by atoms with Gasteiger partial charge in [-0.2, -0.15) is 0 Å². The average molecular weight is 223 g/mol. The summed E-state index contributed by atoms with van der Waals surface area (Å²) >= 11 is 1.96. The first-order valence-corrected chi connectivity index (χ1v) is 6.45. The summed E-state index contributed by atoms with van der Waals surface area (Å²) < 4.78 is 5.50. The highest BCUT2D eigenvalue weighted by Gasteiger charge is 2.22. The zero-order chi connectivity index (χ0) is 10.7. The van der Waals surface area contributed by atoms with Crippen molar-refractivity contribution in [1.82, 2.24) is 5.32 Å². The minimum atomic E-state index is 0.431. The molecule has 0 radical (unpaired) electrons. The summed E-state index contributed by atoms with van der Waals surface area (Å²) in [5.74, 6) is 2.15. The van der Waals surface area contributed by atoms with E-state index in [-0.39, 0.29) is 0 Å². The Hall–Kier alpha value is -0.670. The van der Waals surface area contributed by atoms with Crippen LogP contribution in [0.3, 0.4) is 0 Å². The minimum absolute atomic E-state index is 0.431. The van der Waals surface area contributed by atoms with E-state index in [1.54, 1.807) is 0 Å². The molecule has 0 aliphatic carbocycles. The lowest BCUT2D eigenvalue weighted by Crippen LogP contribution is -2.21. The van der Waals surface area contributed by atoms with E-state index in [0.29, 0.717) is 11.4 Å². The summed E-state index contributed by atoms with van der Waals surface area (Å²) in [4.78, 5) is 0. The zero-order valence-electron chi connectivity index (χ0n) is 9.19. The van der Waals surface area contributed by atoms with Gasteiger partial charge in [-0.3, -0.25) is 5.32 Å². The van der Waals surface area contributed by atoms with Crippen LogP contribution in [0.2, 0.25) is 0 Å². The molecule has 1 saturated heterocycles. The van der Waals surface area contributed by atoms with E-state index in [2.05, 4.69) is 30.4 Å². The van der Waals surface area contributed by atoms with E-state index in [1.807, 2.05) is 24.8 Å². The van der Waals surface area contributed by atoms with Crippen molar-refractivity contribution >= 4 is 11.8 Å². The van der Waals surface area contributed by atoms with Crippen LogP contribution < -0.4 is 10.1 Å². The summed E-state index contributed by atoms with van der Waals surface area (Å²) in [5.41, 5.74) is 1.32. The molecule has 15 heavy (non-hydrogen) atoms. The van der Waals surface area contributed by atoms with Crippen LogP contribution in [0.5, 0.6) is 5.75 Å². The fourth-order valence-electron chi connectivity index (χ4n) is 1.72. The predicted octanol–water partition coefficient (Wildman–Crippen LogP) is 2.81. The number of ether oxygens (including phenoxy) is 1. The van der Waals surface area contributed by atoms with Gasteiger partial charge in [-0.1, -0.05) is 12.1 Å². The van der Waals surface area contributed by atoms with Crippen molar-refractivity contribution in [2.24, 2.45) is 0 Å². The van der Waals surface area contributed by atoms with Crippen LogP contribution in [0.4, 0.5) is 0 Å². The average Bonchev–Trinajstić information content (AvgIpc) is 2.66. The van der Waals surface area contributed by atoms with Crippen LogP contribution in [0.15, 0.2) is 24.3 Å². The molecule has 1 aromatic rings. The Morgan fingerprint density at radius 3 is 3.07 bits per heavy atom. The van der Waals surface area contributed by atoms with Crippen molar-refractivity contribution in [1.29, 1.82) is 0 Å². The molecule has 2 nitrogen and oxygen atoms in total. The van der Waals surface area contributed by atoms with Gasteiger partial charge >= 0.3 is 0 Å². The smallest absolute Gasteiger partial charge is 0.119 e. The monoisotopic (exact) mass is 223 g/mol. The van der Waals surface area contributed by atoms with Gasteiger partial charge in [0.15, 0.2) is 0 Å². The first-order chi connectivity index (χ1) is 7.29. The highest BCUT2D eigenvalue weighted by Crippen LogP contribution is 2.33. The van der Waals surface area contributed by atoms with Crippen molar-refractivity contribution in [3.8, 4) is 5.75 Å². The maximum absolute atomic E-state index is 5.50. The van der Waals surface area contributed by atoms with Crippen molar-refractivity contribution in [3.05, 3.63) is 29.8 Å². The third-order valence-corrected chi connectivity index (χ3v) is 3.85. The molecule has 0 aromatic heterocycles. The van der Waals surface area contributed by atoms with Crippen molar-refractivity contribution in [2.45, 2.75) is 25.3 Å². The van der Waals surface area contributed by atoms with Crippen molar-refractivity contribution in [3.63, 3.8) is 0 Å². The first-order valence-electron chi connectivity index (χ1n) is 5.40. The fraction of sp³-hybridized carbons (Fsp3) is 0.500. The molecule has 1 aliphatic heterocycles. The van der Waals surface area contributed by atoms with Crippen LogP contribution in [-0.4, -0.2) is 18.4 Å². The molecule has 3 heteroatoms. The van der Waals surface area contributed by atoms with Gasteiger partial charge in [0.1, 0.15) is 5.75 Å². The van der Waals surface area contributed by atoms with Crippen LogP contribution >= 0.6 is 11.8 Å². The number of benzene rings is 1. The number of nitrogens with one attached hydrogen (secondary N) is 1. The van der Waals surface area contributed by atoms with Gasteiger partial charge in [0, 0.05) is 11.8 Å². The van der Waals surface area contributed by atoms with E-state index >= 15 is 0 Å². The van der Waals surface area contributed by atoms with Crippen LogP contribution in [0, 0.1) is 0 Å². The predicted molar refractivity (Wildman–Crippen MR) is 65.4 cm³/mol. The second kappa shape index (κ2) is 4.90. The molecule has 0 spiro atoms. The summed E-state index contributed by atoms with van der Waals surface area (Å²) in [6.45, 7) is 4.96. The Kier molecular flexibility index (Phi) is 3.54. The van der Waals surface area contributed by atoms with E-state index in [9.17, 15) is 0 Å². The molecular formula is C12H17NOS. The molecule has 2 rings (SSSR count). The van der Waals surface area contributed by atoms with Gasteiger partial charge in [0.25, 0.3) is 0 Å². The zero-order valence-corrected chi connectivity index (χ0v) is 10.0. The molecule has 2 unspecified atom stereocenters. The Morgan fingerprint density at radius 1 is 1.53 bits per heavy atom. The first kappa shape index (κ1) is 10.8. The van der Waals surface area contributed by atoms with Gasteiger partial charge in [-0.25, -0.2) is 0 Å². The van der Waals surface area contributed by atoms with E-state index < -0.39 is 0 Å². The maximum Gasteiger partial charge on any atom is 0.119 e. The van der Waals surface area contributed by atoms with Crippen molar-refractivity contribution in [2.75, 3.05) is 12.4 Å². The second-order valence-corrected chi connectivity index (χ2v) is 4.92. The van der Waals surface area contributed by atoms with E-state index in [4.69, 9.17) is 4.74 Å². The summed E-state index contributed by atoms with van der Waals surface area (Å²) in [7, 11) is 0. The van der Waals surface area contributed by atoms with E-state index in [0.717, 1.165) is 12.4 Å². The number of rotatable bonds is 3. The molecular weight excluding hydrogens is 206 g/mol. The highest BCUT2D eigenvalue weighted by atomic mass is 32.2. The molecule has 82 valence electrons. The molecule has 1 aromatic carbocycles. The standard InChI is InChI=1S/C12H17NOS/c1-3-14-11-6-4-5-10(7-11)12-13-9(2)8-15-12/h4-7,9,12-13H,3,8H2,1-2H3. The molecule has 1 aliphatic rings. The Balaban J connectivity index is 2.10. The van der Waals surface area contributed by atoms with E-state index in [1.165, 1.54) is 11.3 Å². The quantitative estimate of drug-likeness (QED) is 0.851. The van der Waals surface area contributed by atoms with Crippen molar-refractivity contribution < 1.29 is 4.74 Å². The van der Waals surface area contributed by atoms with Gasteiger partial charge in [0.05, 0.1) is 12.0 Å². The van der Waals surface area contributed by atoms with Gasteiger partial charge in [0.2, 0.25) is 0 Å². The minimum Gasteiger partial charge on any atom is -0.494 e. The molecule has 0 bridgehead atoms. The lowest BCUT2D eigenvalue weighted by Gasteiger charge is -2.12. The number of hydrogen-bond donors (Lipinski definition) is 1. The number of thioether (sulfide) groups is 1. The Bertz CT molecular complexity index is 329. The lowest BCUT2D eigenvalue weighted by molar-refractivity contribution is 0.340. The Morgan fingerprint density at radius 2 is 2.40 bits per heavy atom. The lowest BCUT2D eigenvalue weighted by atomic mass is 10.2. The third-order valence-electron chi connectivity index (χ3n) is 2.42. The van der Waals surface area contributed by atoms with Gasteiger partial charge < -0.3 is 4.74 Å². The fourth-order valence-corrected chi connectivity index (χ4v) is 2.97. The largest absolute Gasteiger partial charge is 0.494 e. The summed E-state index contributed by atoms with van der Waals surface area (Å²) in [6.07, 6.45) is 0. The molecule has 0 amide bonds. The third kappa shape index (κ3) is 2.67. The summed E-state index contributed by atoms with van der Waals surface area (Å²) in [6, 6.07) is 8.97. The molecule has 0 saturated carbocycles. The molecule has 1 fully saturated rings. The van der Waals surface area contributed by atoms with Crippen LogP contribution in [0.1, 0.15) is 24.8 Å². The van der Waals surface area contributed by atoms with Crippen LogP contribution in [-0.2, 0) is 0 Å². The Labute approximate surface area is 95.4 Å². The molecule has 1 heterocycles.